The number of benzene rings is 2. The minimum absolute atomic E-state index is 0.304. The standard InChI is InChI=1S/C18H22N4O/c1-3-22(4-2)12-13-9-10-14(11-17(13)23)19-18-20-15-7-5-6-8-16(15)21-18/h5-11,23H,3-4,12H2,1-2H3,(H2,19,20,21). The summed E-state index contributed by atoms with van der Waals surface area (Å²) >= 11 is 0. The monoisotopic (exact) mass is 310 g/mol. The second kappa shape index (κ2) is 6.71. The molecule has 120 valence electrons. The van der Waals surface area contributed by atoms with Crippen LogP contribution in [0.4, 0.5) is 11.6 Å². The van der Waals surface area contributed by atoms with Crippen LogP contribution >= 0.6 is 0 Å². The summed E-state index contributed by atoms with van der Waals surface area (Å²) in [5.41, 5.74) is 3.64. The van der Waals surface area contributed by atoms with Gasteiger partial charge in [0.2, 0.25) is 5.95 Å². The van der Waals surface area contributed by atoms with Crippen LogP contribution in [-0.4, -0.2) is 33.1 Å². The number of rotatable bonds is 6. The van der Waals surface area contributed by atoms with Crippen LogP contribution in [0.2, 0.25) is 0 Å². The zero-order valence-corrected chi connectivity index (χ0v) is 13.5. The minimum atomic E-state index is 0.304. The molecule has 0 saturated carbocycles. The van der Waals surface area contributed by atoms with Gasteiger partial charge in [0.25, 0.3) is 0 Å². The lowest BCUT2D eigenvalue weighted by molar-refractivity contribution is 0.291. The summed E-state index contributed by atoms with van der Waals surface area (Å²) < 4.78 is 0. The molecule has 0 atom stereocenters. The summed E-state index contributed by atoms with van der Waals surface area (Å²) in [6.45, 7) is 6.93. The average Bonchev–Trinajstić information content (AvgIpc) is 2.96. The Morgan fingerprint density at radius 2 is 1.91 bits per heavy atom. The Morgan fingerprint density at radius 3 is 2.61 bits per heavy atom. The normalized spacial score (nSPS) is 11.3. The first-order chi connectivity index (χ1) is 11.2. The molecule has 0 aliphatic heterocycles. The van der Waals surface area contributed by atoms with E-state index in [1.165, 1.54) is 0 Å². The maximum atomic E-state index is 10.3. The van der Waals surface area contributed by atoms with E-state index in [0.717, 1.165) is 41.9 Å². The van der Waals surface area contributed by atoms with Gasteiger partial charge in [-0.05, 0) is 31.3 Å². The van der Waals surface area contributed by atoms with E-state index in [1.807, 2.05) is 36.4 Å². The molecule has 0 unspecified atom stereocenters. The SMILES string of the molecule is CCN(CC)Cc1ccc(Nc2nc3ccccc3[nH]2)cc1O. The highest BCUT2D eigenvalue weighted by Crippen LogP contribution is 2.25. The predicted octanol–water partition coefficient (Wildman–Crippen LogP) is 3.85. The molecule has 3 rings (SSSR count). The van der Waals surface area contributed by atoms with Gasteiger partial charge < -0.3 is 15.4 Å². The fourth-order valence-corrected chi connectivity index (χ4v) is 2.61. The molecule has 0 aliphatic carbocycles. The molecule has 2 aromatic carbocycles. The van der Waals surface area contributed by atoms with Crippen molar-refractivity contribution < 1.29 is 5.11 Å². The maximum Gasteiger partial charge on any atom is 0.205 e. The smallest absolute Gasteiger partial charge is 0.205 e. The molecule has 0 aliphatic rings. The molecule has 0 bridgehead atoms. The van der Waals surface area contributed by atoms with Crippen LogP contribution in [0.5, 0.6) is 5.75 Å². The Hall–Kier alpha value is -2.53. The number of H-pyrrole nitrogens is 1. The van der Waals surface area contributed by atoms with E-state index in [1.54, 1.807) is 6.07 Å². The summed E-state index contributed by atoms with van der Waals surface area (Å²) in [7, 11) is 0. The van der Waals surface area contributed by atoms with Gasteiger partial charge in [-0.3, -0.25) is 4.90 Å². The van der Waals surface area contributed by atoms with Gasteiger partial charge >= 0.3 is 0 Å². The van der Waals surface area contributed by atoms with E-state index in [4.69, 9.17) is 0 Å². The van der Waals surface area contributed by atoms with Gasteiger partial charge in [-0.2, -0.15) is 0 Å². The van der Waals surface area contributed by atoms with Crippen molar-refractivity contribution in [2.75, 3.05) is 18.4 Å². The third-order valence-electron chi connectivity index (χ3n) is 4.03. The molecular formula is C18H22N4O. The Balaban J connectivity index is 1.77. The van der Waals surface area contributed by atoms with Crippen molar-refractivity contribution in [3.63, 3.8) is 0 Å². The van der Waals surface area contributed by atoms with Gasteiger partial charge in [-0.15, -0.1) is 0 Å². The lowest BCUT2D eigenvalue weighted by atomic mass is 10.1. The molecular weight excluding hydrogens is 288 g/mol. The highest BCUT2D eigenvalue weighted by atomic mass is 16.3. The molecule has 0 amide bonds. The first-order valence-corrected chi connectivity index (χ1v) is 7.95. The zero-order valence-electron chi connectivity index (χ0n) is 13.5. The van der Waals surface area contributed by atoms with Crippen molar-refractivity contribution in [2.45, 2.75) is 20.4 Å². The number of hydrogen-bond acceptors (Lipinski definition) is 4. The van der Waals surface area contributed by atoms with E-state index in [-0.39, 0.29) is 0 Å². The van der Waals surface area contributed by atoms with Gasteiger partial charge in [0.1, 0.15) is 5.75 Å². The summed E-state index contributed by atoms with van der Waals surface area (Å²) in [6, 6.07) is 13.5. The predicted molar refractivity (Wildman–Crippen MR) is 94.1 cm³/mol. The third kappa shape index (κ3) is 3.46. The molecule has 0 spiro atoms. The Kier molecular flexibility index (Phi) is 4.48. The van der Waals surface area contributed by atoms with Crippen LogP contribution < -0.4 is 5.32 Å². The number of fused-ring (bicyclic) bond motifs is 1. The Labute approximate surface area is 136 Å². The van der Waals surface area contributed by atoms with Crippen molar-refractivity contribution >= 4 is 22.7 Å². The van der Waals surface area contributed by atoms with E-state index in [0.29, 0.717) is 11.7 Å². The van der Waals surface area contributed by atoms with Gasteiger partial charge in [0.15, 0.2) is 0 Å². The topological polar surface area (TPSA) is 64.2 Å². The fraction of sp³-hybridized carbons (Fsp3) is 0.278. The summed E-state index contributed by atoms with van der Waals surface area (Å²) in [5.74, 6) is 0.972. The number of nitrogens with one attached hydrogen (secondary N) is 2. The van der Waals surface area contributed by atoms with Crippen LogP contribution in [0.25, 0.3) is 11.0 Å². The van der Waals surface area contributed by atoms with E-state index < -0.39 is 0 Å². The Morgan fingerprint density at radius 1 is 1.13 bits per heavy atom. The molecule has 1 aromatic heterocycles. The van der Waals surface area contributed by atoms with Crippen LogP contribution in [-0.2, 0) is 6.54 Å². The molecule has 3 aromatic rings. The fourth-order valence-electron chi connectivity index (χ4n) is 2.61. The molecule has 1 heterocycles. The molecule has 0 fully saturated rings. The van der Waals surface area contributed by atoms with Crippen LogP contribution in [0, 0.1) is 0 Å². The number of imidazole rings is 1. The van der Waals surface area contributed by atoms with Crippen molar-refractivity contribution in [1.82, 2.24) is 14.9 Å². The largest absolute Gasteiger partial charge is 0.508 e. The number of aromatic nitrogens is 2. The van der Waals surface area contributed by atoms with Gasteiger partial charge in [0.05, 0.1) is 11.0 Å². The van der Waals surface area contributed by atoms with E-state index in [9.17, 15) is 5.11 Å². The highest BCUT2D eigenvalue weighted by molar-refractivity contribution is 5.78. The summed E-state index contributed by atoms with van der Waals surface area (Å²) in [4.78, 5) is 9.96. The number of aromatic hydroxyl groups is 1. The van der Waals surface area contributed by atoms with Crippen LogP contribution in [0.15, 0.2) is 42.5 Å². The van der Waals surface area contributed by atoms with Gasteiger partial charge in [-0.25, -0.2) is 4.98 Å². The summed E-state index contributed by atoms with van der Waals surface area (Å²) in [5, 5.41) is 13.5. The van der Waals surface area contributed by atoms with Crippen LogP contribution in [0.1, 0.15) is 19.4 Å². The van der Waals surface area contributed by atoms with E-state index in [2.05, 4.69) is 34.0 Å². The Bertz CT molecular complexity index is 760. The number of anilines is 2. The van der Waals surface area contributed by atoms with Crippen molar-refractivity contribution in [3.8, 4) is 5.75 Å². The second-order valence-corrected chi connectivity index (χ2v) is 5.53. The van der Waals surface area contributed by atoms with Crippen molar-refractivity contribution in [2.24, 2.45) is 0 Å². The average molecular weight is 310 g/mol. The molecule has 3 N–H and O–H groups in total. The quantitative estimate of drug-likeness (QED) is 0.647. The first-order valence-electron chi connectivity index (χ1n) is 7.95. The molecule has 0 radical (unpaired) electrons. The second-order valence-electron chi connectivity index (χ2n) is 5.53. The highest BCUT2D eigenvalue weighted by Gasteiger charge is 2.08. The maximum absolute atomic E-state index is 10.3. The lowest BCUT2D eigenvalue weighted by Gasteiger charge is -2.19. The lowest BCUT2D eigenvalue weighted by Crippen LogP contribution is -2.22. The molecule has 5 nitrogen and oxygen atoms in total. The number of aromatic amines is 1. The molecule has 5 heteroatoms. The third-order valence-corrected chi connectivity index (χ3v) is 4.03. The molecule has 23 heavy (non-hydrogen) atoms. The number of phenolic OH excluding ortho intramolecular Hbond substituents is 1. The number of nitrogens with zero attached hydrogens (tertiary/aromatic N) is 2. The number of phenols is 1. The van der Waals surface area contributed by atoms with Crippen molar-refractivity contribution in [3.05, 3.63) is 48.0 Å². The van der Waals surface area contributed by atoms with Crippen molar-refractivity contribution in [1.29, 1.82) is 0 Å². The zero-order chi connectivity index (χ0) is 16.2. The molecule has 0 saturated heterocycles. The number of para-hydroxylation sites is 2. The summed E-state index contributed by atoms with van der Waals surface area (Å²) in [6.07, 6.45) is 0. The van der Waals surface area contributed by atoms with E-state index >= 15 is 0 Å². The first kappa shape index (κ1) is 15.4. The minimum Gasteiger partial charge on any atom is -0.508 e. The van der Waals surface area contributed by atoms with Gasteiger partial charge in [-0.1, -0.05) is 32.0 Å². The number of hydrogen-bond donors (Lipinski definition) is 3. The van der Waals surface area contributed by atoms with Crippen LogP contribution in [0.3, 0.4) is 0 Å². The van der Waals surface area contributed by atoms with Gasteiger partial charge in [0, 0.05) is 23.9 Å².